The van der Waals surface area contributed by atoms with Crippen LogP contribution in [0.15, 0.2) is 42.7 Å². The van der Waals surface area contributed by atoms with Gasteiger partial charge < -0.3 is 10.4 Å². The van der Waals surface area contributed by atoms with Crippen molar-refractivity contribution in [2.45, 2.75) is 12.8 Å². The lowest BCUT2D eigenvalue weighted by atomic mass is 10.2. The van der Waals surface area contributed by atoms with E-state index in [2.05, 4.69) is 15.3 Å². The Morgan fingerprint density at radius 3 is 2.64 bits per heavy atom. The quantitative estimate of drug-likeness (QED) is 0.660. The van der Waals surface area contributed by atoms with Crippen molar-refractivity contribution in [2.24, 2.45) is 0 Å². The second-order valence-corrected chi connectivity index (χ2v) is 6.09. The summed E-state index contributed by atoms with van der Waals surface area (Å²) in [4.78, 5) is 8.80. The zero-order chi connectivity index (χ0) is 18.0. The predicted octanol–water partition coefficient (Wildman–Crippen LogP) is 4.60. The van der Waals surface area contributed by atoms with E-state index in [1.165, 1.54) is 6.07 Å². The molecule has 0 aliphatic heterocycles. The van der Waals surface area contributed by atoms with Crippen LogP contribution in [0.3, 0.4) is 0 Å². The van der Waals surface area contributed by atoms with Crippen molar-refractivity contribution in [3.63, 3.8) is 0 Å². The highest BCUT2D eigenvalue weighted by Gasteiger charge is 2.34. The normalized spacial score (nSPS) is 11.6. The fourth-order valence-electron chi connectivity index (χ4n) is 2.18. The third-order valence-corrected chi connectivity index (χ3v) is 4.25. The number of nitrogens with one attached hydrogen (secondary N) is 1. The molecule has 0 unspecified atom stereocenters. The van der Waals surface area contributed by atoms with Gasteiger partial charge in [-0.3, -0.25) is 4.98 Å². The summed E-state index contributed by atoms with van der Waals surface area (Å²) in [6.45, 7) is -0.277. The van der Waals surface area contributed by atoms with Gasteiger partial charge in [0, 0.05) is 23.6 Å². The Morgan fingerprint density at radius 2 is 2.00 bits per heavy atom. The topological polar surface area (TPSA) is 58.0 Å². The van der Waals surface area contributed by atoms with Gasteiger partial charge in [-0.05, 0) is 30.3 Å². The fourth-order valence-corrected chi connectivity index (χ4v) is 3.05. The molecule has 2 aromatic heterocycles. The summed E-state index contributed by atoms with van der Waals surface area (Å²) >= 11 is 1.09. The van der Waals surface area contributed by atoms with Gasteiger partial charge in [0.05, 0.1) is 22.7 Å². The molecule has 1 aromatic carbocycles. The maximum absolute atomic E-state index is 13.3. The molecule has 0 saturated heterocycles. The minimum atomic E-state index is -4.79. The van der Waals surface area contributed by atoms with Crippen LogP contribution in [-0.2, 0) is 12.8 Å². The number of hydrogen-bond donors (Lipinski definition) is 2. The molecule has 0 radical (unpaired) electrons. The summed E-state index contributed by atoms with van der Waals surface area (Å²) in [5, 5.41) is 12.5. The molecule has 4 nitrogen and oxygen atoms in total. The molecule has 0 spiro atoms. The average molecular weight is 369 g/mol. The van der Waals surface area contributed by atoms with Gasteiger partial charge in [0.2, 0.25) is 0 Å². The van der Waals surface area contributed by atoms with Gasteiger partial charge in [-0.2, -0.15) is 13.2 Å². The third-order valence-electron chi connectivity index (χ3n) is 3.30. The largest absolute Gasteiger partial charge is 0.419 e. The molecule has 25 heavy (non-hydrogen) atoms. The van der Waals surface area contributed by atoms with Crippen LogP contribution in [0.2, 0.25) is 0 Å². The summed E-state index contributed by atoms with van der Waals surface area (Å²) in [5.41, 5.74) is -0.152. The second-order valence-electron chi connectivity index (χ2n) is 5.01. The lowest BCUT2D eigenvalue weighted by molar-refractivity contribution is -0.139. The molecule has 0 fully saturated rings. The van der Waals surface area contributed by atoms with Crippen LogP contribution < -0.4 is 5.32 Å². The van der Waals surface area contributed by atoms with Crippen molar-refractivity contribution < 1.29 is 22.7 Å². The van der Waals surface area contributed by atoms with Gasteiger partial charge in [0.1, 0.15) is 5.82 Å². The van der Waals surface area contributed by atoms with Crippen LogP contribution in [0.25, 0.3) is 11.3 Å². The number of hydrogen-bond acceptors (Lipinski definition) is 5. The number of aromatic nitrogens is 2. The first-order chi connectivity index (χ1) is 11.9. The molecule has 0 saturated carbocycles. The van der Waals surface area contributed by atoms with Crippen LogP contribution in [0.5, 0.6) is 0 Å². The number of halogens is 4. The summed E-state index contributed by atoms with van der Waals surface area (Å²) in [6, 6.07) is 6.07. The number of nitrogens with zero attached hydrogens (tertiary/aromatic N) is 2. The van der Waals surface area contributed by atoms with Gasteiger partial charge in [-0.15, -0.1) is 0 Å². The molecule has 2 heterocycles. The van der Waals surface area contributed by atoms with Crippen LogP contribution in [0.4, 0.5) is 28.4 Å². The second kappa shape index (κ2) is 6.77. The van der Waals surface area contributed by atoms with Crippen LogP contribution in [0, 0.1) is 5.82 Å². The molecule has 0 aliphatic rings. The van der Waals surface area contributed by atoms with E-state index >= 15 is 0 Å². The van der Waals surface area contributed by atoms with E-state index in [0.29, 0.717) is 22.2 Å². The molecular formula is C16H11F4N3OS. The summed E-state index contributed by atoms with van der Waals surface area (Å²) in [7, 11) is 0. The maximum Gasteiger partial charge on any atom is 0.419 e. The smallest absolute Gasteiger partial charge is 0.391 e. The molecule has 0 amide bonds. The number of anilines is 2. The number of aliphatic hydroxyl groups is 1. The van der Waals surface area contributed by atoms with E-state index in [4.69, 9.17) is 0 Å². The van der Waals surface area contributed by atoms with E-state index in [9.17, 15) is 22.7 Å². The standard InChI is InChI=1S/C16H11F4N3OS/c17-12-4-3-10(6-11(12)16(18,19)20)22-15-23-14(13(8-24)25-15)9-2-1-5-21-7-9/h1-7,24H,8H2,(H,22,23). The first kappa shape index (κ1) is 17.3. The summed E-state index contributed by atoms with van der Waals surface area (Å²) in [5.74, 6) is -1.34. The molecule has 0 aliphatic carbocycles. The molecule has 130 valence electrons. The van der Waals surface area contributed by atoms with Gasteiger partial charge >= 0.3 is 6.18 Å². The van der Waals surface area contributed by atoms with Gasteiger partial charge in [-0.25, -0.2) is 9.37 Å². The Bertz CT molecular complexity index is 881. The highest BCUT2D eigenvalue weighted by Crippen LogP contribution is 2.35. The van der Waals surface area contributed by atoms with Crippen molar-refractivity contribution in [3.8, 4) is 11.3 Å². The van der Waals surface area contributed by atoms with Crippen LogP contribution >= 0.6 is 11.3 Å². The lowest BCUT2D eigenvalue weighted by Gasteiger charge is -2.10. The maximum atomic E-state index is 13.3. The van der Waals surface area contributed by atoms with E-state index in [1.807, 2.05) is 0 Å². The number of benzene rings is 1. The predicted molar refractivity (Wildman–Crippen MR) is 86.0 cm³/mol. The average Bonchev–Trinajstić information content (AvgIpc) is 2.99. The minimum Gasteiger partial charge on any atom is -0.391 e. The Labute approximate surface area is 143 Å². The number of pyridine rings is 1. The first-order valence-corrected chi connectivity index (χ1v) is 7.85. The Morgan fingerprint density at radius 1 is 1.20 bits per heavy atom. The van der Waals surface area contributed by atoms with E-state index in [-0.39, 0.29) is 17.4 Å². The van der Waals surface area contributed by atoms with Crippen molar-refractivity contribution >= 4 is 22.2 Å². The lowest BCUT2D eigenvalue weighted by Crippen LogP contribution is -2.08. The molecule has 3 aromatic rings. The zero-order valence-corrected chi connectivity index (χ0v) is 13.3. The van der Waals surface area contributed by atoms with Gasteiger partial charge in [-0.1, -0.05) is 11.3 Å². The Hall–Kier alpha value is -2.52. The summed E-state index contributed by atoms with van der Waals surface area (Å²) < 4.78 is 51.7. The fraction of sp³-hybridized carbons (Fsp3) is 0.125. The monoisotopic (exact) mass is 369 g/mol. The van der Waals surface area contributed by atoms with Gasteiger partial charge in [0.25, 0.3) is 0 Å². The van der Waals surface area contributed by atoms with E-state index in [0.717, 1.165) is 17.4 Å². The van der Waals surface area contributed by atoms with Crippen molar-refractivity contribution in [1.29, 1.82) is 0 Å². The highest BCUT2D eigenvalue weighted by molar-refractivity contribution is 7.16. The molecule has 0 atom stereocenters. The molecule has 3 rings (SSSR count). The van der Waals surface area contributed by atoms with Crippen molar-refractivity contribution in [3.05, 3.63) is 59.0 Å². The Balaban J connectivity index is 1.93. The van der Waals surface area contributed by atoms with Crippen LogP contribution in [-0.4, -0.2) is 15.1 Å². The number of rotatable bonds is 4. The van der Waals surface area contributed by atoms with Crippen LogP contribution in [0.1, 0.15) is 10.4 Å². The van der Waals surface area contributed by atoms with Crippen molar-refractivity contribution in [1.82, 2.24) is 9.97 Å². The van der Waals surface area contributed by atoms with Crippen molar-refractivity contribution in [2.75, 3.05) is 5.32 Å². The molecular weight excluding hydrogens is 358 g/mol. The third kappa shape index (κ3) is 3.77. The number of alkyl halides is 3. The van der Waals surface area contributed by atoms with E-state index < -0.39 is 17.6 Å². The SMILES string of the molecule is OCc1sc(Nc2ccc(F)c(C(F)(F)F)c2)nc1-c1cccnc1. The highest BCUT2D eigenvalue weighted by atomic mass is 32.1. The summed E-state index contributed by atoms with van der Waals surface area (Å²) in [6.07, 6.45) is -1.63. The number of thiazole rings is 1. The molecule has 0 bridgehead atoms. The van der Waals surface area contributed by atoms with E-state index in [1.54, 1.807) is 24.5 Å². The minimum absolute atomic E-state index is 0.0460. The molecule has 9 heteroatoms. The van der Waals surface area contributed by atoms with Gasteiger partial charge in [0.15, 0.2) is 5.13 Å². The molecule has 2 N–H and O–H groups in total. The zero-order valence-electron chi connectivity index (χ0n) is 12.5. The number of aliphatic hydroxyl groups excluding tert-OH is 1. The first-order valence-electron chi connectivity index (χ1n) is 7.03. The Kier molecular flexibility index (Phi) is 4.69.